The third-order valence-corrected chi connectivity index (χ3v) is 4.50. The quantitative estimate of drug-likeness (QED) is 0.822. The highest BCUT2D eigenvalue weighted by atomic mass is 16.4. The lowest BCUT2D eigenvalue weighted by molar-refractivity contribution is -0.143. The van der Waals surface area contributed by atoms with Crippen LogP contribution in [0.4, 0.5) is 0 Å². The first-order valence-electron chi connectivity index (χ1n) is 8.44. The maximum Gasteiger partial charge on any atom is 0.308 e. The number of carbonyl (C=O) groups excluding carboxylic acids is 1. The summed E-state index contributed by atoms with van der Waals surface area (Å²) in [5.41, 5.74) is 0.459. The summed E-state index contributed by atoms with van der Waals surface area (Å²) in [6, 6.07) is 7.23. The van der Waals surface area contributed by atoms with Gasteiger partial charge in [0.25, 0.3) is 5.56 Å². The number of aryl methyl sites for hydroxylation is 1. The Morgan fingerprint density at radius 1 is 1.36 bits per heavy atom. The van der Waals surface area contributed by atoms with Crippen molar-refractivity contribution in [3.8, 4) is 0 Å². The van der Waals surface area contributed by atoms with Gasteiger partial charge >= 0.3 is 5.97 Å². The third kappa shape index (κ3) is 3.87. The van der Waals surface area contributed by atoms with Gasteiger partial charge in [0.15, 0.2) is 0 Å². The van der Waals surface area contributed by atoms with Crippen LogP contribution >= 0.6 is 0 Å². The largest absolute Gasteiger partial charge is 0.481 e. The molecule has 1 aliphatic rings. The van der Waals surface area contributed by atoms with E-state index >= 15 is 0 Å². The van der Waals surface area contributed by atoms with Gasteiger partial charge in [-0.05, 0) is 25.0 Å². The van der Waals surface area contributed by atoms with Crippen LogP contribution in [0.2, 0.25) is 0 Å². The molecule has 0 aliphatic heterocycles. The Morgan fingerprint density at radius 2 is 2.08 bits per heavy atom. The molecule has 0 spiro atoms. The first-order chi connectivity index (χ1) is 12.0. The van der Waals surface area contributed by atoms with Crippen molar-refractivity contribution in [2.45, 2.75) is 38.8 Å². The lowest BCUT2D eigenvalue weighted by atomic mass is 10.1. The average Bonchev–Trinajstić information content (AvgIpc) is 3.43. The number of fused-ring (bicyclic) bond motifs is 1. The van der Waals surface area contributed by atoms with Crippen molar-refractivity contribution in [2.75, 3.05) is 6.54 Å². The Morgan fingerprint density at radius 3 is 2.76 bits per heavy atom. The van der Waals surface area contributed by atoms with Gasteiger partial charge in [-0.3, -0.25) is 19.0 Å². The molecule has 0 radical (unpaired) electrons. The van der Waals surface area contributed by atoms with Crippen LogP contribution in [0, 0.1) is 5.92 Å². The minimum atomic E-state index is -0.909. The first-order valence-corrected chi connectivity index (χ1v) is 8.44. The zero-order chi connectivity index (χ0) is 18.0. The molecular weight excluding hydrogens is 322 g/mol. The predicted octanol–water partition coefficient (Wildman–Crippen LogP) is 1.50. The summed E-state index contributed by atoms with van der Waals surface area (Å²) in [7, 11) is 0. The standard InChI is InChI=1S/C18H21N3O4/c1-12(18(24)25)10-21(13-6-7-13)16(22)8-9-20-11-19-15-5-3-2-4-14(15)17(20)23/h2-5,11-13H,6-10H2,1H3,(H,24,25). The number of hydrogen-bond acceptors (Lipinski definition) is 4. The lowest BCUT2D eigenvalue weighted by Crippen LogP contribution is -2.39. The predicted molar refractivity (Wildman–Crippen MR) is 92.2 cm³/mol. The molecule has 1 aromatic heterocycles. The molecule has 1 unspecified atom stereocenters. The summed E-state index contributed by atoms with van der Waals surface area (Å²) in [5.74, 6) is -1.63. The second kappa shape index (κ2) is 7.04. The molecule has 1 N–H and O–H groups in total. The van der Waals surface area contributed by atoms with Gasteiger partial charge in [0.2, 0.25) is 5.91 Å². The van der Waals surface area contributed by atoms with Gasteiger partial charge in [-0.2, -0.15) is 0 Å². The number of carboxylic acids is 1. The highest BCUT2D eigenvalue weighted by Gasteiger charge is 2.34. The fraction of sp³-hybridized carbons (Fsp3) is 0.444. The van der Waals surface area contributed by atoms with Crippen LogP contribution in [-0.2, 0) is 16.1 Å². The van der Waals surface area contributed by atoms with Crippen molar-refractivity contribution in [3.05, 3.63) is 40.9 Å². The molecule has 1 amide bonds. The number of rotatable bonds is 7. The number of aliphatic carboxylic acids is 1. The van der Waals surface area contributed by atoms with E-state index in [2.05, 4.69) is 4.98 Å². The van der Waals surface area contributed by atoms with Gasteiger partial charge in [-0.25, -0.2) is 4.98 Å². The van der Waals surface area contributed by atoms with E-state index in [1.807, 2.05) is 6.07 Å². The number of para-hydroxylation sites is 1. The second-order valence-electron chi connectivity index (χ2n) is 6.53. The van der Waals surface area contributed by atoms with E-state index in [0.717, 1.165) is 12.8 Å². The van der Waals surface area contributed by atoms with E-state index in [1.54, 1.807) is 30.0 Å². The molecule has 0 saturated heterocycles. The summed E-state index contributed by atoms with van der Waals surface area (Å²) in [4.78, 5) is 41.9. The smallest absolute Gasteiger partial charge is 0.308 e. The minimum Gasteiger partial charge on any atom is -0.481 e. The van der Waals surface area contributed by atoms with E-state index in [0.29, 0.717) is 10.9 Å². The van der Waals surface area contributed by atoms with Crippen LogP contribution in [0.15, 0.2) is 35.4 Å². The van der Waals surface area contributed by atoms with E-state index < -0.39 is 11.9 Å². The van der Waals surface area contributed by atoms with Crippen LogP contribution in [0.5, 0.6) is 0 Å². The third-order valence-electron chi connectivity index (χ3n) is 4.50. The fourth-order valence-electron chi connectivity index (χ4n) is 2.84. The Bertz CT molecular complexity index is 857. The lowest BCUT2D eigenvalue weighted by Gasteiger charge is -2.24. The molecular formula is C18H21N3O4. The number of benzene rings is 1. The maximum atomic E-state index is 12.5. The van der Waals surface area contributed by atoms with E-state index in [1.165, 1.54) is 10.9 Å². The summed E-state index contributed by atoms with van der Waals surface area (Å²) < 4.78 is 1.44. The van der Waals surface area contributed by atoms with Crippen LogP contribution in [-0.4, -0.2) is 44.0 Å². The van der Waals surface area contributed by atoms with Crippen LogP contribution in [0.25, 0.3) is 10.9 Å². The van der Waals surface area contributed by atoms with Crippen LogP contribution < -0.4 is 5.56 Å². The van der Waals surface area contributed by atoms with Crippen molar-refractivity contribution in [1.82, 2.24) is 14.5 Å². The van der Waals surface area contributed by atoms with Gasteiger partial charge < -0.3 is 10.0 Å². The van der Waals surface area contributed by atoms with Gasteiger partial charge in [0.1, 0.15) is 0 Å². The number of nitrogens with zero attached hydrogens (tertiary/aromatic N) is 3. The highest BCUT2D eigenvalue weighted by Crippen LogP contribution is 2.28. The molecule has 1 heterocycles. The zero-order valence-electron chi connectivity index (χ0n) is 14.1. The molecule has 25 heavy (non-hydrogen) atoms. The number of hydrogen-bond donors (Lipinski definition) is 1. The molecule has 1 saturated carbocycles. The maximum absolute atomic E-state index is 12.5. The fourth-order valence-corrected chi connectivity index (χ4v) is 2.84. The SMILES string of the molecule is CC(CN(C(=O)CCn1cnc2ccccc2c1=O)C1CC1)C(=O)O. The van der Waals surface area contributed by atoms with Crippen molar-refractivity contribution >= 4 is 22.8 Å². The number of carbonyl (C=O) groups is 2. The normalized spacial score (nSPS) is 15.1. The van der Waals surface area contributed by atoms with E-state index in [4.69, 9.17) is 5.11 Å². The minimum absolute atomic E-state index is 0.115. The molecule has 1 fully saturated rings. The summed E-state index contributed by atoms with van der Waals surface area (Å²) in [5, 5.41) is 9.59. The Labute approximate surface area is 144 Å². The molecule has 3 rings (SSSR count). The number of amides is 1. The van der Waals surface area contributed by atoms with Gasteiger partial charge in [0.05, 0.1) is 23.1 Å². The summed E-state index contributed by atoms with van der Waals surface area (Å²) >= 11 is 0. The van der Waals surface area contributed by atoms with Crippen molar-refractivity contribution in [3.63, 3.8) is 0 Å². The molecule has 7 nitrogen and oxygen atoms in total. The molecule has 7 heteroatoms. The Hall–Kier alpha value is -2.70. The zero-order valence-corrected chi connectivity index (χ0v) is 14.1. The first kappa shape index (κ1) is 17.1. The molecule has 132 valence electrons. The molecule has 2 aromatic rings. The van der Waals surface area contributed by atoms with E-state index in [-0.39, 0.29) is 37.0 Å². The Balaban J connectivity index is 1.69. The number of carboxylic acid groups (broad SMARTS) is 1. The monoisotopic (exact) mass is 343 g/mol. The number of aromatic nitrogens is 2. The van der Waals surface area contributed by atoms with Crippen molar-refractivity contribution < 1.29 is 14.7 Å². The summed E-state index contributed by atoms with van der Waals surface area (Å²) in [6.07, 6.45) is 3.44. The molecule has 1 aliphatic carbocycles. The van der Waals surface area contributed by atoms with Gasteiger partial charge in [-0.1, -0.05) is 19.1 Å². The molecule has 1 aromatic carbocycles. The highest BCUT2D eigenvalue weighted by molar-refractivity contribution is 5.79. The van der Waals surface area contributed by atoms with Crippen LogP contribution in [0.3, 0.4) is 0 Å². The van der Waals surface area contributed by atoms with E-state index in [9.17, 15) is 14.4 Å². The summed E-state index contributed by atoms with van der Waals surface area (Å²) in [6.45, 7) is 2.05. The molecule has 1 atom stereocenters. The van der Waals surface area contributed by atoms with Crippen LogP contribution in [0.1, 0.15) is 26.2 Å². The topological polar surface area (TPSA) is 92.5 Å². The average molecular weight is 343 g/mol. The Kier molecular flexibility index (Phi) is 4.83. The van der Waals surface area contributed by atoms with Gasteiger partial charge in [-0.15, -0.1) is 0 Å². The van der Waals surface area contributed by atoms with Crippen molar-refractivity contribution in [2.24, 2.45) is 5.92 Å². The molecule has 0 bridgehead atoms. The van der Waals surface area contributed by atoms with Crippen molar-refractivity contribution in [1.29, 1.82) is 0 Å². The van der Waals surface area contributed by atoms with Gasteiger partial charge in [0, 0.05) is 25.6 Å². The second-order valence-corrected chi connectivity index (χ2v) is 6.53.